The maximum Gasteiger partial charge on any atom is 0.274 e. The van der Waals surface area contributed by atoms with Crippen molar-refractivity contribution in [1.29, 1.82) is 0 Å². The maximum atomic E-state index is 11.2. The van der Waals surface area contributed by atoms with Crippen molar-refractivity contribution < 1.29 is 9.63 Å². The van der Waals surface area contributed by atoms with Gasteiger partial charge < -0.3 is 0 Å². The highest BCUT2D eigenvalue weighted by molar-refractivity contribution is 9.08. The lowest BCUT2D eigenvalue weighted by molar-refractivity contribution is 0.0537. The van der Waals surface area contributed by atoms with Crippen molar-refractivity contribution >= 4 is 21.8 Å². The van der Waals surface area contributed by atoms with Crippen molar-refractivity contribution in [3.63, 3.8) is 0 Å². The van der Waals surface area contributed by atoms with E-state index in [2.05, 4.69) is 31.2 Å². The molecule has 1 rings (SSSR count). The van der Waals surface area contributed by atoms with Gasteiger partial charge in [-0.3, -0.25) is 14.6 Å². The van der Waals surface area contributed by atoms with E-state index >= 15 is 0 Å². The molecule has 1 amide bonds. The number of rotatable bonds is 3. The number of alkyl halides is 1. The summed E-state index contributed by atoms with van der Waals surface area (Å²) in [6.45, 7) is 0. The minimum atomic E-state index is -0.271. The van der Waals surface area contributed by atoms with Crippen molar-refractivity contribution in [3.05, 3.63) is 29.6 Å². The lowest BCUT2D eigenvalue weighted by Gasteiger charge is -2.02. The van der Waals surface area contributed by atoms with E-state index in [1.165, 1.54) is 7.11 Å². The number of nitrogens with zero attached hydrogens (tertiary/aromatic N) is 1. The van der Waals surface area contributed by atoms with E-state index in [0.29, 0.717) is 10.9 Å². The number of hydroxylamine groups is 1. The van der Waals surface area contributed by atoms with E-state index < -0.39 is 0 Å². The Morgan fingerprint density at radius 1 is 1.77 bits per heavy atom. The maximum absolute atomic E-state index is 11.2. The van der Waals surface area contributed by atoms with Crippen LogP contribution in [-0.4, -0.2) is 18.0 Å². The van der Waals surface area contributed by atoms with Gasteiger partial charge in [0.25, 0.3) is 5.91 Å². The Kier molecular flexibility index (Phi) is 3.85. The zero-order chi connectivity index (χ0) is 9.68. The molecule has 0 atom stereocenters. The molecule has 13 heavy (non-hydrogen) atoms. The van der Waals surface area contributed by atoms with Gasteiger partial charge >= 0.3 is 0 Å². The van der Waals surface area contributed by atoms with Crippen LogP contribution in [0.15, 0.2) is 18.3 Å². The molecule has 1 N–H and O–H groups in total. The Hall–Kier alpha value is -0.940. The zero-order valence-corrected chi connectivity index (χ0v) is 8.67. The fraction of sp³-hybridized carbons (Fsp3) is 0.250. The summed E-state index contributed by atoms with van der Waals surface area (Å²) >= 11 is 3.25. The van der Waals surface area contributed by atoms with Gasteiger partial charge in [-0.05, 0) is 12.1 Å². The van der Waals surface area contributed by atoms with Gasteiger partial charge in [0.15, 0.2) is 0 Å². The predicted octanol–water partition coefficient (Wildman–Crippen LogP) is 1.27. The van der Waals surface area contributed by atoms with Crippen LogP contribution in [0.5, 0.6) is 0 Å². The number of carbonyl (C=O) groups is 1. The Labute approximate surface area is 84.4 Å². The normalized spacial score (nSPS) is 9.69. The summed E-state index contributed by atoms with van der Waals surface area (Å²) in [5.74, 6) is -0.271. The Morgan fingerprint density at radius 2 is 2.54 bits per heavy atom. The Balaban J connectivity index is 2.82. The summed E-state index contributed by atoms with van der Waals surface area (Å²) in [4.78, 5) is 19.8. The summed E-state index contributed by atoms with van der Waals surface area (Å²) in [7, 11) is 1.39. The van der Waals surface area contributed by atoms with E-state index in [1.54, 1.807) is 18.3 Å². The van der Waals surface area contributed by atoms with E-state index in [4.69, 9.17) is 0 Å². The lowest BCUT2D eigenvalue weighted by Crippen LogP contribution is -2.21. The van der Waals surface area contributed by atoms with Crippen LogP contribution in [0.3, 0.4) is 0 Å². The Bertz CT molecular complexity index is 304. The number of amides is 1. The first-order valence-electron chi connectivity index (χ1n) is 3.62. The summed E-state index contributed by atoms with van der Waals surface area (Å²) in [5.41, 5.74) is 3.57. The van der Waals surface area contributed by atoms with E-state index in [0.717, 1.165) is 5.69 Å². The molecule has 0 fully saturated rings. The number of halogens is 1. The molecule has 1 aromatic heterocycles. The van der Waals surface area contributed by atoms with Crippen molar-refractivity contribution in [2.45, 2.75) is 5.33 Å². The predicted molar refractivity (Wildman–Crippen MR) is 51.3 cm³/mol. The second-order valence-electron chi connectivity index (χ2n) is 2.30. The summed E-state index contributed by atoms with van der Waals surface area (Å²) in [6, 6.07) is 3.32. The van der Waals surface area contributed by atoms with Crippen LogP contribution in [0.25, 0.3) is 0 Å². The molecular weight excluding hydrogens is 236 g/mol. The third kappa shape index (κ3) is 2.78. The number of aromatic nitrogens is 1. The van der Waals surface area contributed by atoms with E-state index in [-0.39, 0.29) is 5.91 Å². The standard InChI is InChI=1S/C8H9BrN2O2/c1-13-11-8(12)6-2-3-10-7(4-6)5-9/h2-4H,5H2,1H3,(H,11,12). The monoisotopic (exact) mass is 244 g/mol. The second kappa shape index (κ2) is 4.94. The zero-order valence-electron chi connectivity index (χ0n) is 7.08. The average Bonchev–Trinajstić information content (AvgIpc) is 2.18. The summed E-state index contributed by atoms with van der Waals surface area (Å²) in [5, 5.41) is 0.626. The minimum Gasteiger partial charge on any atom is -0.277 e. The molecule has 1 heterocycles. The highest BCUT2D eigenvalue weighted by atomic mass is 79.9. The fourth-order valence-corrected chi connectivity index (χ4v) is 1.15. The SMILES string of the molecule is CONC(=O)c1ccnc(CBr)c1. The van der Waals surface area contributed by atoms with Crippen LogP contribution in [0.2, 0.25) is 0 Å². The molecule has 0 saturated heterocycles. The molecule has 5 heteroatoms. The van der Waals surface area contributed by atoms with Crippen LogP contribution in [-0.2, 0) is 10.2 Å². The van der Waals surface area contributed by atoms with Crippen molar-refractivity contribution in [1.82, 2.24) is 10.5 Å². The van der Waals surface area contributed by atoms with Gasteiger partial charge in [0.05, 0.1) is 12.8 Å². The van der Waals surface area contributed by atoms with Crippen molar-refractivity contribution in [2.24, 2.45) is 0 Å². The molecule has 0 aliphatic carbocycles. The smallest absolute Gasteiger partial charge is 0.274 e. The third-order valence-corrected chi connectivity index (χ3v) is 1.98. The number of carbonyl (C=O) groups excluding carboxylic acids is 1. The molecule has 0 spiro atoms. The lowest BCUT2D eigenvalue weighted by atomic mass is 10.2. The first kappa shape index (κ1) is 10.1. The molecule has 0 aromatic carbocycles. The van der Waals surface area contributed by atoms with Crippen LogP contribution in [0.1, 0.15) is 16.1 Å². The van der Waals surface area contributed by atoms with Crippen molar-refractivity contribution in [3.8, 4) is 0 Å². The summed E-state index contributed by atoms with van der Waals surface area (Å²) < 4.78 is 0. The molecule has 70 valence electrons. The molecule has 4 nitrogen and oxygen atoms in total. The van der Waals surface area contributed by atoms with Gasteiger partial charge in [-0.25, -0.2) is 5.48 Å². The van der Waals surface area contributed by atoms with E-state index in [1.807, 2.05) is 0 Å². The average molecular weight is 245 g/mol. The largest absolute Gasteiger partial charge is 0.277 e. The Morgan fingerprint density at radius 3 is 3.15 bits per heavy atom. The van der Waals surface area contributed by atoms with Gasteiger partial charge in [0.2, 0.25) is 0 Å². The number of hydrogen-bond donors (Lipinski definition) is 1. The molecule has 0 bridgehead atoms. The molecule has 0 saturated carbocycles. The minimum absolute atomic E-state index is 0.271. The van der Waals surface area contributed by atoms with Gasteiger partial charge in [-0.15, -0.1) is 0 Å². The third-order valence-electron chi connectivity index (χ3n) is 1.41. The highest BCUT2D eigenvalue weighted by Crippen LogP contribution is 2.05. The van der Waals surface area contributed by atoms with Crippen LogP contribution in [0.4, 0.5) is 0 Å². The molecule has 0 radical (unpaired) electrons. The first-order chi connectivity index (χ1) is 6.27. The van der Waals surface area contributed by atoms with Gasteiger partial charge in [-0.1, -0.05) is 15.9 Å². The number of hydrogen-bond acceptors (Lipinski definition) is 3. The first-order valence-corrected chi connectivity index (χ1v) is 4.74. The van der Waals surface area contributed by atoms with Crippen LogP contribution < -0.4 is 5.48 Å². The van der Waals surface area contributed by atoms with Gasteiger partial charge in [-0.2, -0.15) is 0 Å². The van der Waals surface area contributed by atoms with Crippen LogP contribution >= 0.6 is 15.9 Å². The quantitative estimate of drug-likeness (QED) is 0.644. The van der Waals surface area contributed by atoms with Gasteiger partial charge in [0.1, 0.15) is 0 Å². The molecule has 0 aliphatic heterocycles. The molecule has 1 aromatic rings. The van der Waals surface area contributed by atoms with Crippen LogP contribution in [0, 0.1) is 0 Å². The highest BCUT2D eigenvalue weighted by Gasteiger charge is 2.04. The second-order valence-corrected chi connectivity index (χ2v) is 2.87. The molecular formula is C8H9BrN2O2. The molecule has 0 aliphatic rings. The number of pyridine rings is 1. The summed E-state index contributed by atoms with van der Waals surface area (Å²) in [6.07, 6.45) is 1.58. The van der Waals surface area contributed by atoms with Gasteiger partial charge in [0, 0.05) is 17.1 Å². The van der Waals surface area contributed by atoms with Crippen molar-refractivity contribution in [2.75, 3.05) is 7.11 Å². The topological polar surface area (TPSA) is 51.2 Å². The molecule has 0 unspecified atom stereocenters. The fourth-order valence-electron chi connectivity index (χ4n) is 0.844. The van der Waals surface area contributed by atoms with E-state index in [9.17, 15) is 4.79 Å². The number of nitrogens with one attached hydrogen (secondary N) is 1.